The predicted molar refractivity (Wildman–Crippen MR) is 78.5 cm³/mol. The number of nitrogen functional groups attached to an aromatic ring is 1. The van der Waals surface area contributed by atoms with Crippen LogP contribution < -0.4 is 5.73 Å². The van der Waals surface area contributed by atoms with Crippen LogP contribution in [-0.2, 0) is 0 Å². The first kappa shape index (κ1) is 14.2. The van der Waals surface area contributed by atoms with Crippen LogP contribution in [0.15, 0.2) is 18.2 Å². The molecule has 1 aromatic carbocycles. The third-order valence-electron chi connectivity index (χ3n) is 3.78. The largest absolute Gasteiger partial charge is 0.398 e. The number of hydrogen-bond acceptors (Lipinski definition) is 3. The van der Waals surface area contributed by atoms with E-state index in [-0.39, 0.29) is 5.91 Å². The van der Waals surface area contributed by atoms with Gasteiger partial charge in [0.25, 0.3) is 5.91 Å². The topological polar surface area (TPSA) is 49.6 Å². The molecule has 1 aliphatic rings. The predicted octanol–water partition coefficient (Wildman–Crippen LogP) is 2.09. The number of nitrogens with two attached hydrogens (primary N) is 1. The molecule has 1 atom stereocenters. The van der Waals surface area contributed by atoms with E-state index in [0.29, 0.717) is 22.3 Å². The van der Waals surface area contributed by atoms with E-state index < -0.39 is 0 Å². The minimum Gasteiger partial charge on any atom is -0.398 e. The highest BCUT2D eigenvalue weighted by molar-refractivity contribution is 6.31. The maximum Gasteiger partial charge on any atom is 0.256 e. The molecule has 1 aliphatic heterocycles. The van der Waals surface area contributed by atoms with Gasteiger partial charge in [0.1, 0.15) is 0 Å². The third kappa shape index (κ3) is 3.01. The van der Waals surface area contributed by atoms with Gasteiger partial charge in [-0.1, -0.05) is 18.5 Å². The summed E-state index contributed by atoms with van der Waals surface area (Å²) in [7, 11) is 2.10. The van der Waals surface area contributed by atoms with Crippen LogP contribution in [-0.4, -0.2) is 48.4 Å². The molecule has 0 aromatic heterocycles. The number of anilines is 1. The van der Waals surface area contributed by atoms with Crippen molar-refractivity contribution in [2.75, 3.05) is 32.4 Å². The van der Waals surface area contributed by atoms with Crippen molar-refractivity contribution in [3.63, 3.8) is 0 Å². The molecule has 19 heavy (non-hydrogen) atoms. The highest BCUT2D eigenvalue weighted by atomic mass is 35.5. The van der Waals surface area contributed by atoms with Crippen molar-refractivity contribution in [3.05, 3.63) is 28.8 Å². The Morgan fingerprint density at radius 2 is 2.21 bits per heavy atom. The minimum atomic E-state index is 0.000664. The van der Waals surface area contributed by atoms with Gasteiger partial charge < -0.3 is 10.6 Å². The number of halogens is 1. The molecule has 0 spiro atoms. The maximum atomic E-state index is 12.5. The van der Waals surface area contributed by atoms with Gasteiger partial charge in [-0.25, -0.2) is 0 Å². The van der Waals surface area contributed by atoms with Crippen molar-refractivity contribution in [2.24, 2.45) is 0 Å². The molecule has 0 aliphatic carbocycles. The summed E-state index contributed by atoms with van der Waals surface area (Å²) in [6, 6.07) is 5.46. The highest BCUT2D eigenvalue weighted by Crippen LogP contribution is 2.21. The Kier molecular flexibility index (Phi) is 4.32. The maximum absolute atomic E-state index is 12.5. The zero-order valence-electron chi connectivity index (χ0n) is 11.4. The second-order valence-electron chi connectivity index (χ2n) is 5.03. The molecule has 104 valence electrons. The summed E-state index contributed by atoms with van der Waals surface area (Å²) in [5, 5.41) is 0.555. The van der Waals surface area contributed by atoms with Crippen LogP contribution in [0.5, 0.6) is 0 Å². The van der Waals surface area contributed by atoms with Gasteiger partial charge in [-0.3, -0.25) is 9.69 Å². The lowest BCUT2D eigenvalue weighted by Gasteiger charge is -2.39. The molecular formula is C14H20ClN3O. The lowest BCUT2D eigenvalue weighted by atomic mass is 10.1. The molecule has 2 rings (SSSR count). The Morgan fingerprint density at radius 3 is 2.84 bits per heavy atom. The molecule has 5 heteroatoms. The molecule has 0 saturated carbocycles. The Morgan fingerprint density at radius 1 is 1.47 bits per heavy atom. The first-order chi connectivity index (χ1) is 9.02. The molecule has 1 amide bonds. The zero-order chi connectivity index (χ0) is 14.0. The monoisotopic (exact) mass is 281 g/mol. The third-order valence-corrected chi connectivity index (χ3v) is 4.01. The highest BCUT2D eigenvalue weighted by Gasteiger charge is 2.27. The number of rotatable bonds is 2. The summed E-state index contributed by atoms with van der Waals surface area (Å²) in [6.45, 7) is 4.55. The van der Waals surface area contributed by atoms with E-state index in [9.17, 15) is 4.79 Å². The first-order valence-electron chi connectivity index (χ1n) is 6.57. The van der Waals surface area contributed by atoms with Crippen molar-refractivity contribution in [3.8, 4) is 0 Å². The quantitative estimate of drug-likeness (QED) is 0.845. The summed E-state index contributed by atoms with van der Waals surface area (Å²) >= 11 is 5.86. The number of likely N-dealkylation sites (N-methyl/N-ethyl adjacent to an activating group) is 1. The van der Waals surface area contributed by atoms with Gasteiger partial charge in [-0.05, 0) is 31.7 Å². The Labute approximate surface area is 119 Å². The summed E-state index contributed by atoms with van der Waals surface area (Å²) in [5.74, 6) is 0.000664. The second kappa shape index (κ2) is 5.80. The van der Waals surface area contributed by atoms with E-state index in [1.807, 2.05) is 4.90 Å². The Balaban J connectivity index is 2.15. The summed E-state index contributed by atoms with van der Waals surface area (Å²) in [5.41, 5.74) is 6.87. The SMILES string of the molecule is CCC1CN(C(=O)c2ccc(Cl)cc2N)CCN1C. The summed E-state index contributed by atoms with van der Waals surface area (Å²) < 4.78 is 0. The Hall–Kier alpha value is -1.26. The number of piperazine rings is 1. The molecule has 1 heterocycles. The molecule has 4 nitrogen and oxygen atoms in total. The number of carbonyl (C=O) groups excluding carboxylic acids is 1. The zero-order valence-corrected chi connectivity index (χ0v) is 12.2. The van der Waals surface area contributed by atoms with Crippen LogP contribution in [0.1, 0.15) is 23.7 Å². The molecule has 1 saturated heterocycles. The standard InChI is InChI=1S/C14H20ClN3O/c1-3-11-9-18(7-6-17(11)2)14(19)12-5-4-10(15)8-13(12)16/h4-5,8,11H,3,6-7,9,16H2,1-2H3. The molecule has 1 fully saturated rings. The van der Waals surface area contributed by atoms with Crippen molar-refractivity contribution in [2.45, 2.75) is 19.4 Å². The summed E-state index contributed by atoms with van der Waals surface area (Å²) in [6.07, 6.45) is 1.04. The lowest BCUT2D eigenvalue weighted by Crippen LogP contribution is -2.53. The molecule has 1 aromatic rings. The van der Waals surface area contributed by atoms with Crippen LogP contribution in [0.4, 0.5) is 5.69 Å². The average molecular weight is 282 g/mol. The molecular weight excluding hydrogens is 262 g/mol. The minimum absolute atomic E-state index is 0.000664. The molecule has 0 bridgehead atoms. The smallest absolute Gasteiger partial charge is 0.256 e. The number of nitrogens with zero attached hydrogens (tertiary/aromatic N) is 2. The average Bonchev–Trinajstić information content (AvgIpc) is 2.38. The van der Waals surface area contributed by atoms with E-state index in [1.165, 1.54) is 0 Å². The van der Waals surface area contributed by atoms with Crippen molar-refractivity contribution < 1.29 is 4.79 Å². The normalized spacial score (nSPS) is 20.6. The molecule has 2 N–H and O–H groups in total. The van der Waals surface area contributed by atoms with Crippen molar-refractivity contribution in [1.29, 1.82) is 0 Å². The van der Waals surface area contributed by atoms with Gasteiger partial charge in [0.15, 0.2) is 0 Å². The van der Waals surface area contributed by atoms with Crippen LogP contribution in [0.25, 0.3) is 0 Å². The van der Waals surface area contributed by atoms with Crippen LogP contribution in [0, 0.1) is 0 Å². The van der Waals surface area contributed by atoms with Crippen molar-refractivity contribution >= 4 is 23.2 Å². The van der Waals surface area contributed by atoms with E-state index >= 15 is 0 Å². The summed E-state index contributed by atoms with van der Waals surface area (Å²) in [4.78, 5) is 16.7. The van der Waals surface area contributed by atoms with Gasteiger partial charge in [0.2, 0.25) is 0 Å². The van der Waals surface area contributed by atoms with Gasteiger partial charge >= 0.3 is 0 Å². The lowest BCUT2D eigenvalue weighted by molar-refractivity contribution is 0.0543. The molecule has 0 radical (unpaired) electrons. The number of amides is 1. The number of carbonyl (C=O) groups is 1. The van der Waals surface area contributed by atoms with Crippen LogP contribution >= 0.6 is 11.6 Å². The van der Waals surface area contributed by atoms with E-state index in [1.54, 1.807) is 18.2 Å². The fourth-order valence-electron chi connectivity index (χ4n) is 2.47. The van der Waals surface area contributed by atoms with Gasteiger partial charge in [0, 0.05) is 36.4 Å². The van der Waals surface area contributed by atoms with Gasteiger partial charge in [0.05, 0.1) is 5.56 Å². The van der Waals surface area contributed by atoms with Crippen molar-refractivity contribution in [1.82, 2.24) is 9.80 Å². The van der Waals surface area contributed by atoms with E-state index in [2.05, 4.69) is 18.9 Å². The fourth-order valence-corrected chi connectivity index (χ4v) is 2.65. The molecule has 1 unspecified atom stereocenters. The Bertz CT molecular complexity index is 478. The number of benzene rings is 1. The van der Waals surface area contributed by atoms with Crippen LogP contribution in [0.3, 0.4) is 0 Å². The van der Waals surface area contributed by atoms with E-state index in [4.69, 9.17) is 17.3 Å². The fraction of sp³-hybridized carbons (Fsp3) is 0.500. The van der Waals surface area contributed by atoms with E-state index in [0.717, 1.165) is 26.1 Å². The van der Waals surface area contributed by atoms with Crippen LogP contribution in [0.2, 0.25) is 5.02 Å². The van der Waals surface area contributed by atoms with Gasteiger partial charge in [-0.2, -0.15) is 0 Å². The first-order valence-corrected chi connectivity index (χ1v) is 6.95. The second-order valence-corrected chi connectivity index (χ2v) is 5.46. The van der Waals surface area contributed by atoms with Gasteiger partial charge in [-0.15, -0.1) is 0 Å². The number of hydrogen-bond donors (Lipinski definition) is 1.